The zero-order chi connectivity index (χ0) is 29.9. The van der Waals surface area contributed by atoms with E-state index in [0.717, 1.165) is 31.6 Å². The molecule has 0 radical (unpaired) electrons. The molecule has 2 unspecified atom stereocenters. The molecule has 0 spiro atoms. The minimum atomic E-state index is -0.394. The van der Waals surface area contributed by atoms with Gasteiger partial charge in [0.05, 0.1) is 12.0 Å². The highest BCUT2D eigenvalue weighted by Gasteiger charge is 2.44. The van der Waals surface area contributed by atoms with Gasteiger partial charge in [0.25, 0.3) is 0 Å². The van der Waals surface area contributed by atoms with Crippen LogP contribution in [0.3, 0.4) is 0 Å². The van der Waals surface area contributed by atoms with Gasteiger partial charge in [0, 0.05) is 31.5 Å². The molecule has 1 saturated carbocycles. The average molecular weight is 576 g/mol. The number of amides is 1. The van der Waals surface area contributed by atoms with Crippen molar-refractivity contribution in [1.29, 1.82) is 0 Å². The van der Waals surface area contributed by atoms with Gasteiger partial charge in [-0.15, -0.1) is 0 Å². The molecular weight excluding hydrogens is 530 g/mol. The first kappa shape index (κ1) is 30.1. The predicted molar refractivity (Wildman–Crippen MR) is 176 cm³/mol. The predicted octanol–water partition coefficient (Wildman–Crippen LogP) is 6.23. The van der Waals surface area contributed by atoms with E-state index in [0.29, 0.717) is 13.0 Å². The van der Waals surface area contributed by atoms with Gasteiger partial charge in [-0.05, 0) is 48.6 Å². The number of carbonyl (C=O) groups excluding carboxylic acids is 1. The molecule has 0 saturated heterocycles. The van der Waals surface area contributed by atoms with Gasteiger partial charge in [0.1, 0.15) is 11.9 Å². The molecule has 3 N–H and O–H groups in total. The van der Waals surface area contributed by atoms with Crippen molar-refractivity contribution in [3.8, 4) is 0 Å². The molecule has 2 aliphatic rings. The lowest BCUT2D eigenvalue weighted by molar-refractivity contribution is -0.126. The first-order chi connectivity index (χ1) is 21.2. The number of amidine groups is 1. The summed E-state index contributed by atoms with van der Waals surface area (Å²) < 4.78 is 0. The summed E-state index contributed by atoms with van der Waals surface area (Å²) in [6.07, 6.45) is 12.3. The van der Waals surface area contributed by atoms with Crippen LogP contribution in [0.4, 0.5) is 0 Å². The van der Waals surface area contributed by atoms with Gasteiger partial charge < -0.3 is 20.9 Å². The van der Waals surface area contributed by atoms with Gasteiger partial charge in [0.2, 0.25) is 5.91 Å². The number of benzene rings is 3. The summed E-state index contributed by atoms with van der Waals surface area (Å²) in [6, 6.07) is 31.2. The van der Waals surface area contributed by atoms with Crippen LogP contribution in [0, 0.1) is 0 Å². The minimum Gasteiger partial charge on any atom is -0.403 e. The zero-order valence-corrected chi connectivity index (χ0v) is 25.1. The van der Waals surface area contributed by atoms with Crippen LogP contribution in [0.5, 0.6) is 0 Å². The number of aliphatic imine (C=N–C) groups is 1. The molecule has 1 aliphatic carbocycles. The number of nitrogens with two attached hydrogens (primary N) is 1. The molecule has 5 rings (SSSR count). The molecule has 0 aromatic heterocycles. The second kappa shape index (κ2) is 15.2. The second-order valence-corrected chi connectivity index (χ2v) is 11.6. The van der Waals surface area contributed by atoms with Gasteiger partial charge in [0.15, 0.2) is 0 Å². The van der Waals surface area contributed by atoms with Crippen LogP contribution in [0.2, 0.25) is 0 Å². The van der Waals surface area contributed by atoms with Crippen molar-refractivity contribution in [2.24, 2.45) is 10.7 Å². The minimum absolute atomic E-state index is 0.0902. The molecule has 43 heavy (non-hydrogen) atoms. The molecule has 1 aliphatic heterocycles. The zero-order valence-electron chi connectivity index (χ0n) is 25.1. The number of hydrogen-bond donors (Lipinski definition) is 2. The standard InChI is InChI=1S/C37H45N5O/c1-2-41(27-24-38)25-15-26-42-35(37(43)39-32-22-13-6-14-23-32)33(28-29-16-7-3-8-17-29)40-36(42)34(30-18-9-4-10-19-30)31-20-11-5-12-21-31/h2-5,7-12,16-21,24,27,32-35H,1,6,13-15,22-23,25-26,28,38H2,(H,39,43)/b27-24-. The van der Waals surface area contributed by atoms with E-state index in [2.05, 4.69) is 89.6 Å². The van der Waals surface area contributed by atoms with Crippen molar-refractivity contribution >= 4 is 11.7 Å². The number of carbonyl (C=O) groups is 1. The molecule has 6 heteroatoms. The quantitative estimate of drug-likeness (QED) is 0.254. The molecule has 1 fully saturated rings. The number of nitrogens with zero attached hydrogens (tertiary/aromatic N) is 3. The lowest BCUT2D eigenvalue weighted by Gasteiger charge is -2.34. The molecule has 3 aromatic rings. The van der Waals surface area contributed by atoms with Crippen LogP contribution in [0.1, 0.15) is 61.1 Å². The largest absolute Gasteiger partial charge is 0.403 e. The highest BCUT2D eigenvalue weighted by molar-refractivity contribution is 5.99. The van der Waals surface area contributed by atoms with Gasteiger partial charge in [-0.1, -0.05) is 117 Å². The fourth-order valence-corrected chi connectivity index (χ4v) is 6.56. The van der Waals surface area contributed by atoms with Crippen molar-refractivity contribution < 1.29 is 4.79 Å². The third-order valence-electron chi connectivity index (χ3n) is 8.65. The van der Waals surface area contributed by atoms with Crippen LogP contribution < -0.4 is 11.1 Å². The Morgan fingerprint density at radius 1 is 0.953 bits per heavy atom. The monoisotopic (exact) mass is 575 g/mol. The Hall–Kier alpha value is -4.32. The Kier molecular flexibility index (Phi) is 10.7. The van der Waals surface area contributed by atoms with Gasteiger partial charge in [-0.2, -0.15) is 0 Å². The third kappa shape index (κ3) is 7.75. The van der Waals surface area contributed by atoms with Gasteiger partial charge >= 0.3 is 0 Å². The molecule has 0 bridgehead atoms. The molecule has 1 heterocycles. The highest BCUT2D eigenvalue weighted by atomic mass is 16.2. The van der Waals surface area contributed by atoms with Crippen molar-refractivity contribution in [2.45, 2.75) is 69.0 Å². The lowest BCUT2D eigenvalue weighted by atomic mass is 9.89. The normalized spacial score (nSPS) is 19.0. The van der Waals surface area contributed by atoms with E-state index in [1.807, 2.05) is 29.3 Å². The van der Waals surface area contributed by atoms with Crippen molar-refractivity contribution in [2.75, 3.05) is 13.1 Å². The second-order valence-electron chi connectivity index (χ2n) is 11.6. The van der Waals surface area contributed by atoms with E-state index in [4.69, 9.17) is 10.7 Å². The summed E-state index contributed by atoms with van der Waals surface area (Å²) in [5.41, 5.74) is 9.21. The first-order valence-corrected chi connectivity index (χ1v) is 15.7. The molecule has 6 nitrogen and oxygen atoms in total. The number of rotatable bonds is 13. The summed E-state index contributed by atoms with van der Waals surface area (Å²) >= 11 is 0. The Morgan fingerprint density at radius 3 is 2.14 bits per heavy atom. The summed E-state index contributed by atoms with van der Waals surface area (Å²) in [4.78, 5) is 24.1. The molecule has 224 valence electrons. The van der Waals surface area contributed by atoms with Crippen LogP contribution >= 0.6 is 0 Å². The van der Waals surface area contributed by atoms with Crippen molar-refractivity contribution in [3.63, 3.8) is 0 Å². The summed E-state index contributed by atoms with van der Waals surface area (Å²) in [5, 5.41) is 3.47. The fraction of sp³-hybridized carbons (Fsp3) is 0.351. The Bertz CT molecular complexity index is 1310. The van der Waals surface area contributed by atoms with Gasteiger partial charge in [-0.3, -0.25) is 9.79 Å². The summed E-state index contributed by atoms with van der Waals surface area (Å²) in [6.45, 7) is 5.36. The smallest absolute Gasteiger partial charge is 0.245 e. The van der Waals surface area contributed by atoms with Crippen LogP contribution in [0.15, 0.2) is 121 Å². The lowest BCUT2D eigenvalue weighted by Crippen LogP contribution is -2.54. The maximum Gasteiger partial charge on any atom is 0.245 e. The number of hydrogen-bond acceptors (Lipinski definition) is 5. The van der Waals surface area contributed by atoms with E-state index < -0.39 is 6.04 Å². The Balaban J connectivity index is 1.54. The van der Waals surface area contributed by atoms with E-state index >= 15 is 0 Å². The molecule has 3 aromatic carbocycles. The van der Waals surface area contributed by atoms with Crippen molar-refractivity contribution in [1.82, 2.24) is 15.1 Å². The third-order valence-corrected chi connectivity index (χ3v) is 8.65. The van der Waals surface area contributed by atoms with E-state index in [9.17, 15) is 4.79 Å². The maximum absolute atomic E-state index is 14.3. The first-order valence-electron chi connectivity index (χ1n) is 15.7. The fourth-order valence-electron chi connectivity index (χ4n) is 6.56. The molecule has 1 amide bonds. The molecular formula is C37H45N5O. The van der Waals surface area contributed by atoms with Gasteiger partial charge in [-0.25, -0.2) is 0 Å². The molecule has 2 atom stereocenters. The SMILES string of the molecule is C=CN(/C=C\N)CCCN1C(C(c2ccccc2)c2ccccc2)=NC(Cc2ccccc2)C1C(=O)NC1CCCCC1. The highest BCUT2D eigenvalue weighted by Crippen LogP contribution is 2.34. The number of nitrogens with one attached hydrogen (secondary N) is 1. The van der Waals surface area contributed by atoms with Crippen LogP contribution in [-0.2, 0) is 11.2 Å². The topological polar surface area (TPSA) is 74.0 Å². The van der Waals surface area contributed by atoms with Crippen LogP contribution in [0.25, 0.3) is 0 Å². The Morgan fingerprint density at radius 2 is 1.56 bits per heavy atom. The maximum atomic E-state index is 14.3. The van der Waals surface area contributed by atoms with E-state index in [1.54, 1.807) is 6.20 Å². The summed E-state index contributed by atoms with van der Waals surface area (Å²) in [5.74, 6) is 0.961. The van der Waals surface area contributed by atoms with Crippen molar-refractivity contribution in [3.05, 3.63) is 133 Å². The average Bonchev–Trinajstić information content (AvgIpc) is 3.39. The summed E-state index contributed by atoms with van der Waals surface area (Å²) in [7, 11) is 0. The van der Waals surface area contributed by atoms with E-state index in [-0.39, 0.29) is 23.9 Å². The van der Waals surface area contributed by atoms with Crippen LogP contribution in [-0.4, -0.2) is 52.8 Å². The van der Waals surface area contributed by atoms with E-state index in [1.165, 1.54) is 42.2 Å². The Labute approximate surface area is 257 Å².